The predicted molar refractivity (Wildman–Crippen MR) is 73.0 cm³/mol. The molecule has 0 spiro atoms. The Hall–Kier alpha value is -1.43. The number of nitrogens with one attached hydrogen (secondary N) is 1. The Kier molecular flexibility index (Phi) is 3.50. The minimum atomic E-state index is 0.165. The highest BCUT2D eigenvalue weighted by Crippen LogP contribution is 2.23. The Bertz CT molecular complexity index is 554. The van der Waals surface area contributed by atoms with E-state index in [2.05, 4.69) is 27.4 Å². The molecule has 100 valence electrons. The number of hydrogen-bond acceptors (Lipinski definition) is 5. The van der Waals surface area contributed by atoms with Gasteiger partial charge in [0.2, 0.25) is 0 Å². The Morgan fingerprint density at radius 1 is 1.37 bits per heavy atom. The van der Waals surface area contributed by atoms with Gasteiger partial charge in [-0.25, -0.2) is 0 Å². The summed E-state index contributed by atoms with van der Waals surface area (Å²) in [4.78, 5) is 6.71. The number of nitrogens with zero attached hydrogens (tertiary/aromatic N) is 3. The van der Waals surface area contributed by atoms with E-state index in [-0.39, 0.29) is 6.04 Å². The third-order valence-electron chi connectivity index (χ3n) is 3.34. The molecule has 1 fully saturated rings. The molecular formula is C13H15ClN4O. The molecule has 19 heavy (non-hydrogen) atoms. The molecule has 1 unspecified atom stereocenters. The summed E-state index contributed by atoms with van der Waals surface area (Å²) in [5.41, 5.74) is 0.884. The van der Waals surface area contributed by atoms with Gasteiger partial charge in [-0.15, -0.1) is 0 Å². The van der Waals surface area contributed by atoms with E-state index in [0.29, 0.717) is 10.9 Å². The summed E-state index contributed by atoms with van der Waals surface area (Å²) in [6.45, 7) is 2.82. The van der Waals surface area contributed by atoms with Crippen LogP contribution in [0, 0.1) is 0 Å². The summed E-state index contributed by atoms with van der Waals surface area (Å²) in [7, 11) is 2.07. The summed E-state index contributed by atoms with van der Waals surface area (Å²) in [5.74, 6) is 1.25. The van der Waals surface area contributed by atoms with Gasteiger partial charge >= 0.3 is 0 Å². The van der Waals surface area contributed by atoms with Crippen LogP contribution in [0.4, 0.5) is 0 Å². The summed E-state index contributed by atoms with van der Waals surface area (Å²) >= 11 is 5.86. The van der Waals surface area contributed by atoms with Crippen LogP contribution in [-0.2, 0) is 0 Å². The van der Waals surface area contributed by atoms with Crippen molar-refractivity contribution < 1.29 is 4.52 Å². The van der Waals surface area contributed by atoms with Gasteiger partial charge in [0.15, 0.2) is 5.82 Å². The number of halogens is 1. The first-order chi connectivity index (χ1) is 9.24. The SMILES string of the molecule is CN1CCNCC1c1noc(-c2ccc(Cl)cc2)n1. The van der Waals surface area contributed by atoms with Crippen molar-refractivity contribution in [3.8, 4) is 11.5 Å². The molecule has 0 radical (unpaired) electrons. The quantitative estimate of drug-likeness (QED) is 0.910. The molecule has 1 aliphatic rings. The van der Waals surface area contributed by atoms with Crippen molar-refractivity contribution in [1.29, 1.82) is 0 Å². The van der Waals surface area contributed by atoms with Gasteiger partial charge in [0.25, 0.3) is 5.89 Å². The van der Waals surface area contributed by atoms with E-state index in [0.717, 1.165) is 31.0 Å². The van der Waals surface area contributed by atoms with Crippen LogP contribution in [0.2, 0.25) is 5.02 Å². The second-order valence-electron chi connectivity index (χ2n) is 4.67. The lowest BCUT2D eigenvalue weighted by atomic mass is 10.2. The second kappa shape index (κ2) is 5.28. The normalized spacial score (nSPS) is 20.6. The summed E-state index contributed by atoms with van der Waals surface area (Å²) < 4.78 is 5.33. The van der Waals surface area contributed by atoms with Crippen LogP contribution < -0.4 is 5.32 Å². The van der Waals surface area contributed by atoms with E-state index in [1.54, 1.807) is 0 Å². The van der Waals surface area contributed by atoms with Crippen molar-refractivity contribution in [2.24, 2.45) is 0 Å². The van der Waals surface area contributed by atoms with Crippen LogP contribution in [-0.4, -0.2) is 41.7 Å². The van der Waals surface area contributed by atoms with Crippen LogP contribution in [0.5, 0.6) is 0 Å². The molecule has 1 saturated heterocycles. The van der Waals surface area contributed by atoms with Crippen molar-refractivity contribution >= 4 is 11.6 Å². The van der Waals surface area contributed by atoms with Crippen molar-refractivity contribution in [3.63, 3.8) is 0 Å². The molecule has 3 rings (SSSR count). The maximum atomic E-state index is 5.86. The van der Waals surface area contributed by atoms with Crippen LogP contribution in [0.15, 0.2) is 28.8 Å². The minimum Gasteiger partial charge on any atom is -0.334 e. The molecular weight excluding hydrogens is 264 g/mol. The average molecular weight is 279 g/mol. The summed E-state index contributed by atoms with van der Waals surface area (Å²) in [6, 6.07) is 7.55. The lowest BCUT2D eigenvalue weighted by Crippen LogP contribution is -2.44. The first kappa shape index (κ1) is 12.6. The lowest BCUT2D eigenvalue weighted by Gasteiger charge is -2.30. The van der Waals surface area contributed by atoms with Crippen molar-refractivity contribution in [1.82, 2.24) is 20.4 Å². The highest BCUT2D eigenvalue weighted by molar-refractivity contribution is 6.30. The Morgan fingerprint density at radius 2 is 2.16 bits per heavy atom. The number of likely N-dealkylation sites (N-methyl/N-ethyl adjacent to an activating group) is 1. The molecule has 1 atom stereocenters. The minimum absolute atomic E-state index is 0.165. The monoisotopic (exact) mass is 278 g/mol. The molecule has 2 heterocycles. The standard InChI is InChI=1S/C13H15ClN4O/c1-18-7-6-15-8-11(18)12-16-13(19-17-12)9-2-4-10(14)5-3-9/h2-5,11,15H,6-8H2,1H3. The summed E-state index contributed by atoms with van der Waals surface area (Å²) in [5, 5.41) is 8.12. The number of rotatable bonds is 2. The van der Waals surface area contributed by atoms with Crippen LogP contribution in [0.3, 0.4) is 0 Å². The highest BCUT2D eigenvalue weighted by atomic mass is 35.5. The van der Waals surface area contributed by atoms with Crippen LogP contribution >= 0.6 is 11.6 Å². The van der Waals surface area contributed by atoms with Gasteiger partial charge in [-0.2, -0.15) is 4.98 Å². The molecule has 5 nitrogen and oxygen atoms in total. The summed E-state index contributed by atoms with van der Waals surface area (Å²) in [6.07, 6.45) is 0. The van der Waals surface area contributed by atoms with E-state index in [4.69, 9.17) is 16.1 Å². The predicted octanol–water partition coefficient (Wildman–Crippen LogP) is 1.97. The third kappa shape index (κ3) is 2.63. The molecule has 0 saturated carbocycles. The van der Waals surface area contributed by atoms with Crippen molar-refractivity contribution in [3.05, 3.63) is 35.1 Å². The molecule has 1 aromatic carbocycles. The van der Waals surface area contributed by atoms with Gasteiger partial charge in [0, 0.05) is 30.2 Å². The maximum absolute atomic E-state index is 5.86. The fraction of sp³-hybridized carbons (Fsp3) is 0.385. The highest BCUT2D eigenvalue weighted by Gasteiger charge is 2.25. The van der Waals surface area contributed by atoms with E-state index < -0.39 is 0 Å². The van der Waals surface area contributed by atoms with E-state index in [1.807, 2.05) is 24.3 Å². The van der Waals surface area contributed by atoms with Gasteiger partial charge in [0.1, 0.15) is 0 Å². The largest absolute Gasteiger partial charge is 0.334 e. The van der Waals surface area contributed by atoms with Crippen LogP contribution in [0.1, 0.15) is 11.9 Å². The number of piperazine rings is 1. The van der Waals surface area contributed by atoms with Gasteiger partial charge in [-0.1, -0.05) is 16.8 Å². The average Bonchev–Trinajstić information content (AvgIpc) is 2.89. The molecule has 1 aromatic heterocycles. The van der Waals surface area contributed by atoms with E-state index in [9.17, 15) is 0 Å². The van der Waals surface area contributed by atoms with E-state index >= 15 is 0 Å². The van der Waals surface area contributed by atoms with E-state index in [1.165, 1.54) is 0 Å². The molecule has 2 aromatic rings. The van der Waals surface area contributed by atoms with Gasteiger partial charge < -0.3 is 9.84 Å². The molecule has 0 bridgehead atoms. The van der Waals surface area contributed by atoms with Crippen molar-refractivity contribution in [2.75, 3.05) is 26.7 Å². The zero-order valence-corrected chi connectivity index (χ0v) is 11.4. The zero-order chi connectivity index (χ0) is 13.2. The third-order valence-corrected chi connectivity index (χ3v) is 3.59. The second-order valence-corrected chi connectivity index (χ2v) is 5.10. The number of aromatic nitrogens is 2. The zero-order valence-electron chi connectivity index (χ0n) is 10.6. The lowest BCUT2D eigenvalue weighted by molar-refractivity contribution is 0.190. The molecule has 0 aliphatic carbocycles. The van der Waals surface area contributed by atoms with Gasteiger partial charge in [-0.3, -0.25) is 4.90 Å². The molecule has 0 amide bonds. The fourth-order valence-corrected chi connectivity index (χ4v) is 2.30. The first-order valence-corrected chi connectivity index (χ1v) is 6.62. The molecule has 1 aliphatic heterocycles. The number of benzene rings is 1. The van der Waals surface area contributed by atoms with Gasteiger partial charge in [-0.05, 0) is 31.3 Å². The molecule has 1 N–H and O–H groups in total. The fourth-order valence-electron chi connectivity index (χ4n) is 2.17. The first-order valence-electron chi connectivity index (χ1n) is 6.24. The topological polar surface area (TPSA) is 54.2 Å². The number of hydrogen-bond donors (Lipinski definition) is 1. The Morgan fingerprint density at radius 3 is 2.89 bits per heavy atom. The Labute approximate surface area is 116 Å². The molecule has 6 heteroatoms. The Balaban J connectivity index is 1.84. The smallest absolute Gasteiger partial charge is 0.257 e. The van der Waals surface area contributed by atoms with Gasteiger partial charge in [0.05, 0.1) is 6.04 Å². The maximum Gasteiger partial charge on any atom is 0.257 e. The van der Waals surface area contributed by atoms with Crippen molar-refractivity contribution in [2.45, 2.75) is 6.04 Å². The van der Waals surface area contributed by atoms with Crippen LogP contribution in [0.25, 0.3) is 11.5 Å².